The molecule has 1 rings (SSSR count). The van der Waals surface area contributed by atoms with E-state index in [1.54, 1.807) is 31.3 Å². The minimum absolute atomic E-state index is 0.117. The van der Waals surface area contributed by atoms with Crippen LogP contribution in [0.25, 0.3) is 0 Å². The predicted molar refractivity (Wildman–Crippen MR) is 60.9 cm³/mol. The van der Waals surface area contributed by atoms with E-state index in [0.29, 0.717) is 5.69 Å². The molecule has 0 bridgehead atoms. The molecule has 2 N–H and O–H groups in total. The minimum atomic E-state index is -0.366. The van der Waals surface area contributed by atoms with Gasteiger partial charge in [0, 0.05) is 18.4 Å². The van der Waals surface area contributed by atoms with E-state index in [-0.39, 0.29) is 12.2 Å². The molecule has 0 aliphatic rings. The summed E-state index contributed by atoms with van der Waals surface area (Å²) in [6.45, 7) is 3.63. The van der Waals surface area contributed by atoms with Crippen molar-refractivity contribution in [1.29, 1.82) is 0 Å². The van der Waals surface area contributed by atoms with Gasteiger partial charge in [0.1, 0.15) is 0 Å². The molecule has 82 valence electrons. The highest BCUT2D eigenvalue weighted by Crippen LogP contribution is 2.15. The number of anilines is 2. The normalized spacial score (nSPS) is 10.1. The fraction of sp³-hybridized carbons (Fsp3) is 0.364. The fourth-order valence-electron chi connectivity index (χ4n) is 1.08. The molecule has 0 fully saturated rings. The summed E-state index contributed by atoms with van der Waals surface area (Å²) >= 11 is 0. The van der Waals surface area contributed by atoms with Crippen LogP contribution in [-0.2, 0) is 4.74 Å². The fourth-order valence-corrected chi connectivity index (χ4v) is 1.08. The smallest absolute Gasteiger partial charge is 0.414 e. The van der Waals surface area contributed by atoms with Crippen LogP contribution in [-0.4, -0.2) is 19.2 Å². The Bertz CT molecular complexity index is 333. The second kappa shape index (κ2) is 4.68. The number of carbonyl (C=O) groups excluding carboxylic acids is 1. The molecule has 15 heavy (non-hydrogen) atoms. The number of nitrogens with zero attached hydrogens (tertiary/aromatic N) is 1. The van der Waals surface area contributed by atoms with Crippen LogP contribution in [0.2, 0.25) is 0 Å². The summed E-state index contributed by atoms with van der Waals surface area (Å²) in [5.41, 5.74) is 6.98. The summed E-state index contributed by atoms with van der Waals surface area (Å²) < 4.78 is 5.05. The van der Waals surface area contributed by atoms with E-state index in [0.717, 1.165) is 5.69 Å². The third-order valence-corrected chi connectivity index (χ3v) is 1.89. The summed E-state index contributed by atoms with van der Waals surface area (Å²) in [5, 5.41) is 0. The molecule has 0 atom stereocenters. The van der Waals surface area contributed by atoms with Gasteiger partial charge >= 0.3 is 6.09 Å². The summed E-state index contributed by atoms with van der Waals surface area (Å²) in [5.74, 6) is 0. The van der Waals surface area contributed by atoms with Gasteiger partial charge in [-0.15, -0.1) is 0 Å². The quantitative estimate of drug-likeness (QED) is 0.758. The highest BCUT2D eigenvalue weighted by atomic mass is 16.6. The van der Waals surface area contributed by atoms with Crippen molar-refractivity contribution in [2.75, 3.05) is 17.7 Å². The van der Waals surface area contributed by atoms with Crippen molar-refractivity contribution >= 4 is 17.5 Å². The molecular formula is C11H16N2O2. The van der Waals surface area contributed by atoms with Crippen molar-refractivity contribution in [2.45, 2.75) is 20.0 Å². The number of amides is 1. The van der Waals surface area contributed by atoms with E-state index in [9.17, 15) is 4.79 Å². The highest BCUT2D eigenvalue weighted by molar-refractivity contribution is 5.87. The topological polar surface area (TPSA) is 55.6 Å². The van der Waals surface area contributed by atoms with Gasteiger partial charge < -0.3 is 10.5 Å². The number of nitrogens with two attached hydrogens (primary N) is 1. The van der Waals surface area contributed by atoms with Crippen LogP contribution >= 0.6 is 0 Å². The lowest BCUT2D eigenvalue weighted by Gasteiger charge is -2.18. The molecule has 4 heteroatoms. The molecule has 0 spiro atoms. The van der Waals surface area contributed by atoms with Gasteiger partial charge in [-0.25, -0.2) is 4.79 Å². The maximum Gasteiger partial charge on any atom is 0.414 e. The van der Waals surface area contributed by atoms with E-state index in [1.807, 2.05) is 13.8 Å². The first kappa shape index (κ1) is 11.4. The molecular weight excluding hydrogens is 192 g/mol. The molecule has 0 saturated heterocycles. The van der Waals surface area contributed by atoms with Gasteiger partial charge in [-0.1, -0.05) is 0 Å². The number of hydrogen-bond acceptors (Lipinski definition) is 3. The predicted octanol–water partition coefficient (Wildman–Crippen LogP) is 2.25. The van der Waals surface area contributed by atoms with Crippen molar-refractivity contribution in [1.82, 2.24) is 0 Å². The Morgan fingerprint density at radius 1 is 1.33 bits per heavy atom. The summed E-state index contributed by atoms with van der Waals surface area (Å²) in [4.78, 5) is 13.0. The average Bonchev–Trinajstić information content (AvgIpc) is 2.17. The molecule has 0 saturated carbocycles. The lowest BCUT2D eigenvalue weighted by atomic mass is 10.3. The van der Waals surface area contributed by atoms with Gasteiger partial charge in [-0.2, -0.15) is 0 Å². The zero-order valence-electron chi connectivity index (χ0n) is 9.23. The van der Waals surface area contributed by atoms with Crippen LogP contribution < -0.4 is 10.6 Å². The zero-order chi connectivity index (χ0) is 11.4. The monoisotopic (exact) mass is 208 g/mol. The molecule has 1 aromatic carbocycles. The standard InChI is InChI=1S/C11H16N2O2/c1-8(2)15-11(14)13(3)10-6-4-9(12)5-7-10/h4-8H,12H2,1-3H3. The Hall–Kier alpha value is -1.71. The highest BCUT2D eigenvalue weighted by Gasteiger charge is 2.13. The summed E-state index contributed by atoms with van der Waals surface area (Å²) in [6.07, 6.45) is -0.483. The number of carbonyl (C=O) groups is 1. The summed E-state index contributed by atoms with van der Waals surface area (Å²) in [6, 6.07) is 7.04. The first-order chi connectivity index (χ1) is 7.00. The molecule has 0 heterocycles. The lowest BCUT2D eigenvalue weighted by molar-refractivity contribution is 0.124. The molecule has 0 unspecified atom stereocenters. The first-order valence-electron chi connectivity index (χ1n) is 4.80. The maximum absolute atomic E-state index is 11.5. The largest absolute Gasteiger partial charge is 0.446 e. The second-order valence-corrected chi connectivity index (χ2v) is 3.58. The van der Waals surface area contributed by atoms with Gasteiger partial charge in [0.25, 0.3) is 0 Å². The van der Waals surface area contributed by atoms with Crippen molar-refractivity contribution in [2.24, 2.45) is 0 Å². The number of rotatable bonds is 2. The molecule has 1 aromatic rings. The van der Waals surface area contributed by atoms with Crippen LogP contribution in [0.1, 0.15) is 13.8 Å². The Labute approximate surface area is 89.6 Å². The Balaban J connectivity index is 2.71. The molecule has 0 aliphatic carbocycles. The number of ether oxygens (including phenoxy) is 1. The van der Waals surface area contributed by atoms with Gasteiger partial charge in [0.15, 0.2) is 0 Å². The molecule has 0 aliphatic heterocycles. The Morgan fingerprint density at radius 3 is 2.33 bits per heavy atom. The van der Waals surface area contributed by atoms with E-state index >= 15 is 0 Å². The molecule has 4 nitrogen and oxygen atoms in total. The Morgan fingerprint density at radius 2 is 1.87 bits per heavy atom. The van der Waals surface area contributed by atoms with Crippen molar-refractivity contribution in [3.63, 3.8) is 0 Å². The third-order valence-electron chi connectivity index (χ3n) is 1.89. The van der Waals surface area contributed by atoms with Gasteiger partial charge in [0.2, 0.25) is 0 Å². The van der Waals surface area contributed by atoms with Crippen LogP contribution in [0, 0.1) is 0 Å². The Kier molecular flexibility index (Phi) is 3.55. The molecule has 0 aromatic heterocycles. The molecule has 0 radical (unpaired) electrons. The SMILES string of the molecule is CC(C)OC(=O)N(C)c1ccc(N)cc1. The number of benzene rings is 1. The maximum atomic E-state index is 11.5. The average molecular weight is 208 g/mol. The van der Waals surface area contributed by atoms with E-state index in [4.69, 9.17) is 10.5 Å². The van der Waals surface area contributed by atoms with Crippen LogP contribution in [0.3, 0.4) is 0 Å². The van der Waals surface area contributed by atoms with E-state index in [1.165, 1.54) is 4.90 Å². The molecule has 1 amide bonds. The third kappa shape index (κ3) is 3.16. The van der Waals surface area contributed by atoms with Gasteiger partial charge in [0.05, 0.1) is 6.10 Å². The lowest BCUT2D eigenvalue weighted by Crippen LogP contribution is -2.29. The van der Waals surface area contributed by atoms with Crippen molar-refractivity contribution in [3.8, 4) is 0 Å². The van der Waals surface area contributed by atoms with E-state index in [2.05, 4.69) is 0 Å². The minimum Gasteiger partial charge on any atom is -0.446 e. The first-order valence-corrected chi connectivity index (χ1v) is 4.80. The van der Waals surface area contributed by atoms with Gasteiger partial charge in [-0.3, -0.25) is 4.90 Å². The number of hydrogen-bond donors (Lipinski definition) is 1. The van der Waals surface area contributed by atoms with Crippen LogP contribution in [0.15, 0.2) is 24.3 Å². The van der Waals surface area contributed by atoms with Crippen LogP contribution in [0.5, 0.6) is 0 Å². The second-order valence-electron chi connectivity index (χ2n) is 3.58. The summed E-state index contributed by atoms with van der Waals surface area (Å²) in [7, 11) is 1.66. The van der Waals surface area contributed by atoms with Crippen LogP contribution in [0.4, 0.5) is 16.2 Å². The van der Waals surface area contributed by atoms with E-state index < -0.39 is 0 Å². The van der Waals surface area contributed by atoms with Crippen molar-refractivity contribution in [3.05, 3.63) is 24.3 Å². The number of nitrogen functional groups attached to an aromatic ring is 1. The van der Waals surface area contributed by atoms with Crippen molar-refractivity contribution < 1.29 is 9.53 Å². The van der Waals surface area contributed by atoms with Gasteiger partial charge in [-0.05, 0) is 38.1 Å². The zero-order valence-corrected chi connectivity index (χ0v) is 9.23.